The van der Waals surface area contributed by atoms with E-state index in [1.807, 2.05) is 24.3 Å². The molecule has 1 aromatic heterocycles. The van der Waals surface area contributed by atoms with E-state index in [9.17, 15) is 4.79 Å². The van der Waals surface area contributed by atoms with E-state index in [0.29, 0.717) is 17.8 Å². The lowest BCUT2D eigenvalue weighted by atomic mass is 9.82. The molecule has 0 aliphatic carbocycles. The fraction of sp³-hybridized carbons (Fsp3) is 0.500. The number of amides is 1. The summed E-state index contributed by atoms with van der Waals surface area (Å²) >= 11 is 1.41. The monoisotopic (exact) mass is 301 g/mol. The molecule has 2 unspecified atom stereocenters. The SMILES string of the molecule is NC1CC2CCCC(C1)N2C(=O)c1nsc2ccccc12. The molecule has 2 N–H and O–H groups in total. The van der Waals surface area contributed by atoms with Crippen LogP contribution in [0.25, 0.3) is 10.1 Å². The number of rotatable bonds is 1. The first-order valence-electron chi connectivity index (χ1n) is 7.66. The third-order valence-electron chi connectivity index (χ3n) is 4.83. The fourth-order valence-corrected chi connectivity index (χ4v) is 4.69. The van der Waals surface area contributed by atoms with Crippen LogP contribution in [0.5, 0.6) is 0 Å². The number of piperidine rings is 2. The van der Waals surface area contributed by atoms with Crippen LogP contribution in [0.1, 0.15) is 42.6 Å². The lowest BCUT2D eigenvalue weighted by Gasteiger charge is -2.48. The van der Waals surface area contributed by atoms with E-state index in [1.54, 1.807) is 0 Å². The number of fused-ring (bicyclic) bond motifs is 3. The van der Waals surface area contributed by atoms with Crippen molar-refractivity contribution in [2.75, 3.05) is 0 Å². The Morgan fingerprint density at radius 2 is 1.95 bits per heavy atom. The quantitative estimate of drug-likeness (QED) is 0.881. The molecule has 110 valence electrons. The van der Waals surface area contributed by atoms with Gasteiger partial charge in [0.2, 0.25) is 0 Å². The zero-order valence-electron chi connectivity index (χ0n) is 11.9. The maximum atomic E-state index is 13.0. The van der Waals surface area contributed by atoms with Gasteiger partial charge < -0.3 is 10.6 Å². The van der Waals surface area contributed by atoms with Gasteiger partial charge >= 0.3 is 0 Å². The lowest BCUT2D eigenvalue weighted by Crippen LogP contribution is -2.57. The summed E-state index contributed by atoms with van der Waals surface area (Å²) in [6, 6.07) is 8.84. The first-order valence-corrected chi connectivity index (χ1v) is 8.44. The Morgan fingerprint density at radius 3 is 2.71 bits per heavy atom. The smallest absolute Gasteiger partial charge is 0.274 e. The highest BCUT2D eigenvalue weighted by Crippen LogP contribution is 2.35. The predicted octanol–water partition coefficient (Wildman–Crippen LogP) is 2.78. The summed E-state index contributed by atoms with van der Waals surface area (Å²) in [6.07, 6.45) is 5.24. The summed E-state index contributed by atoms with van der Waals surface area (Å²) in [5.41, 5.74) is 6.77. The molecular formula is C16H19N3OS. The molecule has 0 spiro atoms. The molecule has 1 amide bonds. The number of aromatic nitrogens is 1. The number of nitrogens with zero attached hydrogens (tertiary/aromatic N) is 2. The normalized spacial score (nSPS) is 28.8. The van der Waals surface area contributed by atoms with Gasteiger partial charge in [0.05, 0.1) is 4.70 Å². The zero-order valence-corrected chi connectivity index (χ0v) is 12.7. The average Bonchev–Trinajstić information content (AvgIpc) is 2.89. The van der Waals surface area contributed by atoms with Gasteiger partial charge in [-0.05, 0) is 49.7 Å². The molecule has 2 aliphatic rings. The second kappa shape index (κ2) is 5.07. The molecule has 2 saturated heterocycles. The molecule has 2 fully saturated rings. The van der Waals surface area contributed by atoms with Crippen molar-refractivity contribution in [3.05, 3.63) is 30.0 Å². The van der Waals surface area contributed by atoms with Crippen molar-refractivity contribution in [3.8, 4) is 0 Å². The summed E-state index contributed by atoms with van der Waals surface area (Å²) in [7, 11) is 0. The first kappa shape index (κ1) is 13.2. The lowest BCUT2D eigenvalue weighted by molar-refractivity contribution is 0.0240. The van der Waals surface area contributed by atoms with Crippen LogP contribution in [0.15, 0.2) is 24.3 Å². The molecule has 2 aromatic rings. The summed E-state index contributed by atoms with van der Waals surface area (Å²) in [4.78, 5) is 15.1. The molecule has 2 atom stereocenters. The molecule has 3 heterocycles. The number of hydrogen-bond acceptors (Lipinski definition) is 4. The van der Waals surface area contributed by atoms with Crippen LogP contribution in [0.3, 0.4) is 0 Å². The highest BCUT2D eigenvalue weighted by atomic mass is 32.1. The van der Waals surface area contributed by atoms with Gasteiger partial charge in [-0.15, -0.1) is 0 Å². The van der Waals surface area contributed by atoms with Crippen molar-refractivity contribution in [1.29, 1.82) is 0 Å². The van der Waals surface area contributed by atoms with E-state index in [-0.39, 0.29) is 11.9 Å². The van der Waals surface area contributed by atoms with Gasteiger partial charge in [0.1, 0.15) is 5.69 Å². The minimum Gasteiger partial charge on any atom is -0.331 e. The second-order valence-electron chi connectivity index (χ2n) is 6.21. The maximum Gasteiger partial charge on any atom is 0.274 e. The van der Waals surface area contributed by atoms with E-state index >= 15 is 0 Å². The van der Waals surface area contributed by atoms with Crippen LogP contribution in [0, 0.1) is 0 Å². The minimum atomic E-state index is 0.106. The van der Waals surface area contributed by atoms with Crippen LogP contribution in [-0.4, -0.2) is 33.3 Å². The second-order valence-corrected chi connectivity index (χ2v) is 7.01. The van der Waals surface area contributed by atoms with Gasteiger partial charge in [-0.1, -0.05) is 18.2 Å². The minimum absolute atomic E-state index is 0.106. The maximum absolute atomic E-state index is 13.0. The molecule has 1 aromatic carbocycles. The van der Waals surface area contributed by atoms with Crippen molar-refractivity contribution in [2.24, 2.45) is 5.73 Å². The summed E-state index contributed by atoms with van der Waals surface area (Å²) in [5.74, 6) is 0.106. The summed E-state index contributed by atoms with van der Waals surface area (Å²) in [5, 5.41) is 0.987. The van der Waals surface area contributed by atoms with Crippen molar-refractivity contribution >= 4 is 27.5 Å². The van der Waals surface area contributed by atoms with Gasteiger partial charge in [-0.25, -0.2) is 0 Å². The number of benzene rings is 1. The van der Waals surface area contributed by atoms with Crippen LogP contribution in [0.2, 0.25) is 0 Å². The molecule has 0 radical (unpaired) electrons. The Kier molecular flexibility index (Phi) is 3.19. The van der Waals surface area contributed by atoms with Gasteiger partial charge in [0.15, 0.2) is 0 Å². The first-order chi connectivity index (χ1) is 10.2. The van der Waals surface area contributed by atoms with Crippen LogP contribution in [0.4, 0.5) is 0 Å². The predicted molar refractivity (Wildman–Crippen MR) is 84.4 cm³/mol. The van der Waals surface area contributed by atoms with Crippen molar-refractivity contribution in [1.82, 2.24) is 9.27 Å². The molecular weight excluding hydrogens is 282 g/mol. The van der Waals surface area contributed by atoms with Gasteiger partial charge in [-0.2, -0.15) is 4.37 Å². The van der Waals surface area contributed by atoms with E-state index in [0.717, 1.165) is 35.8 Å². The fourth-order valence-electron chi connectivity index (χ4n) is 3.92. The highest BCUT2D eigenvalue weighted by molar-refractivity contribution is 7.13. The highest BCUT2D eigenvalue weighted by Gasteiger charge is 2.40. The third kappa shape index (κ3) is 2.15. The van der Waals surface area contributed by atoms with E-state index in [4.69, 9.17) is 5.73 Å². The molecule has 4 rings (SSSR count). The van der Waals surface area contributed by atoms with E-state index in [2.05, 4.69) is 9.27 Å². The number of carbonyl (C=O) groups is 1. The molecule has 4 nitrogen and oxygen atoms in total. The van der Waals surface area contributed by atoms with Crippen LogP contribution in [-0.2, 0) is 0 Å². The Labute approximate surface area is 128 Å². The zero-order chi connectivity index (χ0) is 14.4. The third-order valence-corrected chi connectivity index (χ3v) is 5.65. The van der Waals surface area contributed by atoms with Crippen LogP contribution < -0.4 is 5.73 Å². The Bertz CT molecular complexity index is 669. The largest absolute Gasteiger partial charge is 0.331 e. The molecule has 5 heteroatoms. The van der Waals surface area contributed by atoms with Gasteiger partial charge in [-0.3, -0.25) is 4.79 Å². The van der Waals surface area contributed by atoms with Crippen molar-refractivity contribution in [2.45, 2.75) is 50.2 Å². The average molecular weight is 301 g/mol. The van der Waals surface area contributed by atoms with Gasteiger partial charge in [0, 0.05) is 23.5 Å². The summed E-state index contributed by atoms with van der Waals surface area (Å²) < 4.78 is 5.52. The van der Waals surface area contributed by atoms with Gasteiger partial charge in [0.25, 0.3) is 5.91 Å². The summed E-state index contributed by atoms with van der Waals surface area (Å²) in [6.45, 7) is 0. The molecule has 21 heavy (non-hydrogen) atoms. The number of nitrogens with two attached hydrogens (primary N) is 1. The van der Waals surface area contributed by atoms with Crippen molar-refractivity contribution < 1.29 is 4.79 Å². The van der Waals surface area contributed by atoms with E-state index in [1.165, 1.54) is 18.0 Å². The Hall–Kier alpha value is -1.46. The number of hydrogen-bond donors (Lipinski definition) is 1. The molecule has 0 saturated carbocycles. The van der Waals surface area contributed by atoms with Crippen molar-refractivity contribution in [3.63, 3.8) is 0 Å². The Morgan fingerprint density at radius 1 is 1.24 bits per heavy atom. The topological polar surface area (TPSA) is 59.2 Å². The number of carbonyl (C=O) groups excluding carboxylic acids is 1. The molecule has 2 aliphatic heterocycles. The standard InChI is InChI=1S/C16H19N3OS/c17-10-8-11-4-3-5-12(9-10)19(11)16(20)15-13-6-1-2-7-14(13)21-18-15/h1-2,6-7,10-12H,3-5,8-9,17H2. The van der Waals surface area contributed by atoms with Crippen LogP contribution >= 0.6 is 11.5 Å². The Balaban J connectivity index is 1.71. The molecule has 2 bridgehead atoms. The van der Waals surface area contributed by atoms with E-state index < -0.39 is 0 Å².